The van der Waals surface area contributed by atoms with Crippen molar-refractivity contribution in [2.75, 3.05) is 17.7 Å². The highest BCUT2D eigenvalue weighted by Crippen LogP contribution is 2.27. The Morgan fingerprint density at radius 3 is 2.53 bits per heavy atom. The summed E-state index contributed by atoms with van der Waals surface area (Å²) in [6, 6.07) is 1.09. The van der Waals surface area contributed by atoms with E-state index in [9.17, 15) is 8.78 Å². The highest BCUT2D eigenvalue weighted by Gasteiger charge is 2.22. The van der Waals surface area contributed by atoms with Gasteiger partial charge in [-0.1, -0.05) is 26.2 Å². The van der Waals surface area contributed by atoms with Gasteiger partial charge in [0.05, 0.1) is 0 Å². The molecule has 19 heavy (non-hydrogen) atoms. The van der Waals surface area contributed by atoms with Crippen LogP contribution in [-0.4, -0.2) is 18.1 Å². The zero-order chi connectivity index (χ0) is 13.8. The highest BCUT2D eigenvalue weighted by molar-refractivity contribution is 5.47. The number of hydrogen-bond donors (Lipinski definition) is 2. The van der Waals surface area contributed by atoms with E-state index in [2.05, 4.69) is 22.5 Å². The van der Waals surface area contributed by atoms with E-state index < -0.39 is 11.6 Å². The van der Waals surface area contributed by atoms with E-state index in [1.54, 1.807) is 7.05 Å². The fraction of sp³-hybridized carbons (Fsp3) is 0.643. The molecule has 0 aliphatic heterocycles. The first-order chi connectivity index (χ1) is 9.11. The fourth-order valence-electron chi connectivity index (χ4n) is 2.63. The third kappa shape index (κ3) is 3.33. The molecule has 0 bridgehead atoms. The summed E-state index contributed by atoms with van der Waals surface area (Å²) in [5, 5.41) is 5.78. The van der Waals surface area contributed by atoms with E-state index in [0.29, 0.717) is 5.92 Å². The van der Waals surface area contributed by atoms with Gasteiger partial charge in [-0.2, -0.15) is 0 Å². The minimum absolute atomic E-state index is 0.0742. The van der Waals surface area contributed by atoms with Gasteiger partial charge in [-0.05, 0) is 18.8 Å². The van der Waals surface area contributed by atoms with Crippen molar-refractivity contribution in [2.45, 2.75) is 45.1 Å². The molecule has 1 saturated carbocycles. The van der Waals surface area contributed by atoms with Gasteiger partial charge in [0, 0.05) is 19.2 Å². The van der Waals surface area contributed by atoms with Crippen molar-refractivity contribution in [1.29, 1.82) is 0 Å². The minimum Gasteiger partial charge on any atom is -0.371 e. The van der Waals surface area contributed by atoms with Crippen molar-refractivity contribution in [3.05, 3.63) is 17.7 Å². The van der Waals surface area contributed by atoms with Gasteiger partial charge in [0.2, 0.25) is 0 Å². The van der Waals surface area contributed by atoms with Crippen molar-refractivity contribution in [1.82, 2.24) is 4.98 Å². The molecule has 2 N–H and O–H groups in total. The van der Waals surface area contributed by atoms with E-state index in [0.717, 1.165) is 25.3 Å². The zero-order valence-corrected chi connectivity index (χ0v) is 11.5. The van der Waals surface area contributed by atoms with Gasteiger partial charge in [-0.25, -0.2) is 13.8 Å². The van der Waals surface area contributed by atoms with E-state index in [1.807, 2.05) is 0 Å². The largest absolute Gasteiger partial charge is 0.371 e. The average Bonchev–Trinajstić information content (AvgIpc) is 2.58. The first kappa shape index (κ1) is 14.0. The molecule has 1 fully saturated rings. The van der Waals surface area contributed by atoms with Crippen LogP contribution < -0.4 is 10.6 Å². The van der Waals surface area contributed by atoms with E-state index in [1.165, 1.54) is 12.8 Å². The molecule has 1 aliphatic rings. The molecule has 0 aromatic carbocycles. The van der Waals surface area contributed by atoms with Crippen molar-refractivity contribution < 1.29 is 8.78 Å². The van der Waals surface area contributed by atoms with Crippen molar-refractivity contribution in [2.24, 2.45) is 5.92 Å². The number of nitrogens with zero attached hydrogens (tertiary/aromatic N) is 1. The molecule has 0 amide bonds. The Bertz CT molecular complexity index is 437. The predicted molar refractivity (Wildman–Crippen MR) is 73.4 cm³/mol. The minimum atomic E-state index is -0.667. The lowest BCUT2D eigenvalue weighted by Gasteiger charge is -2.23. The summed E-state index contributed by atoms with van der Waals surface area (Å²) < 4.78 is 27.1. The lowest BCUT2D eigenvalue weighted by Crippen LogP contribution is -2.27. The van der Waals surface area contributed by atoms with Gasteiger partial charge in [-0.3, -0.25) is 0 Å². The number of anilines is 2. The number of pyridine rings is 1. The highest BCUT2D eigenvalue weighted by atomic mass is 19.1. The molecule has 0 radical (unpaired) electrons. The molecule has 1 aliphatic carbocycles. The maximum Gasteiger partial charge on any atom is 0.168 e. The van der Waals surface area contributed by atoms with Crippen LogP contribution in [0.25, 0.3) is 0 Å². The maximum absolute atomic E-state index is 13.8. The normalized spacial score (nSPS) is 23.8. The van der Waals surface area contributed by atoms with Gasteiger partial charge in [0.1, 0.15) is 0 Å². The Morgan fingerprint density at radius 2 is 1.79 bits per heavy atom. The van der Waals surface area contributed by atoms with Crippen LogP contribution in [0.2, 0.25) is 0 Å². The Morgan fingerprint density at radius 1 is 1.11 bits per heavy atom. The number of nitrogens with one attached hydrogen (secondary N) is 2. The van der Waals surface area contributed by atoms with Gasteiger partial charge in [0.15, 0.2) is 23.3 Å². The predicted octanol–water partition coefficient (Wildman–Crippen LogP) is 3.78. The van der Waals surface area contributed by atoms with E-state index in [-0.39, 0.29) is 17.7 Å². The van der Waals surface area contributed by atoms with Crippen LogP contribution >= 0.6 is 0 Å². The number of aromatic nitrogens is 1. The Kier molecular flexibility index (Phi) is 4.56. The van der Waals surface area contributed by atoms with Crippen molar-refractivity contribution in [3.63, 3.8) is 0 Å². The maximum atomic E-state index is 13.8. The van der Waals surface area contributed by atoms with E-state index >= 15 is 0 Å². The second kappa shape index (κ2) is 6.17. The lowest BCUT2D eigenvalue weighted by molar-refractivity contribution is 0.452. The topological polar surface area (TPSA) is 37.0 Å². The van der Waals surface area contributed by atoms with E-state index in [4.69, 9.17) is 0 Å². The van der Waals surface area contributed by atoms with Gasteiger partial charge in [-0.15, -0.1) is 0 Å². The summed E-state index contributed by atoms with van der Waals surface area (Å²) in [6.07, 6.45) is 5.74. The Labute approximate surface area is 112 Å². The average molecular weight is 269 g/mol. The second-order valence-corrected chi connectivity index (χ2v) is 5.27. The lowest BCUT2D eigenvalue weighted by atomic mass is 9.97. The molecule has 2 rings (SSSR count). The van der Waals surface area contributed by atoms with Crippen LogP contribution in [0.5, 0.6) is 0 Å². The van der Waals surface area contributed by atoms with Crippen LogP contribution in [0.1, 0.15) is 39.0 Å². The van der Waals surface area contributed by atoms with Gasteiger partial charge in [0.25, 0.3) is 0 Å². The quantitative estimate of drug-likeness (QED) is 0.820. The third-order valence-electron chi connectivity index (χ3n) is 3.85. The molecule has 1 aromatic rings. The van der Waals surface area contributed by atoms with Crippen LogP contribution in [0.3, 0.4) is 0 Å². The summed E-state index contributed by atoms with van der Waals surface area (Å²) in [6.45, 7) is 2.17. The van der Waals surface area contributed by atoms with Crippen LogP contribution in [0.15, 0.2) is 6.07 Å². The molecule has 2 atom stereocenters. The molecular weight excluding hydrogens is 248 g/mol. The number of rotatable bonds is 3. The third-order valence-corrected chi connectivity index (χ3v) is 3.85. The molecule has 3 nitrogen and oxygen atoms in total. The molecule has 2 unspecified atom stereocenters. The number of halogens is 2. The summed E-state index contributed by atoms with van der Waals surface area (Å²) in [7, 11) is 1.57. The van der Waals surface area contributed by atoms with Crippen molar-refractivity contribution in [3.8, 4) is 0 Å². The summed E-state index contributed by atoms with van der Waals surface area (Å²) in [5.41, 5.74) is 0. The molecule has 106 valence electrons. The second-order valence-electron chi connectivity index (χ2n) is 5.27. The first-order valence-electron chi connectivity index (χ1n) is 6.92. The zero-order valence-electron chi connectivity index (χ0n) is 11.5. The molecule has 1 aromatic heterocycles. The summed E-state index contributed by atoms with van der Waals surface area (Å²) >= 11 is 0. The molecular formula is C14H21F2N3. The number of hydrogen-bond acceptors (Lipinski definition) is 3. The molecule has 1 heterocycles. The van der Waals surface area contributed by atoms with Gasteiger partial charge < -0.3 is 10.6 Å². The van der Waals surface area contributed by atoms with Crippen molar-refractivity contribution >= 4 is 11.6 Å². The van der Waals surface area contributed by atoms with Gasteiger partial charge >= 0.3 is 0 Å². The fourth-order valence-corrected chi connectivity index (χ4v) is 2.63. The molecule has 0 spiro atoms. The summed E-state index contributed by atoms with van der Waals surface area (Å²) in [5.74, 6) is -0.603. The monoisotopic (exact) mass is 269 g/mol. The van der Waals surface area contributed by atoms with Crippen LogP contribution in [0, 0.1) is 17.6 Å². The first-order valence-corrected chi connectivity index (χ1v) is 6.92. The Hall–Kier alpha value is -1.39. The standard InChI is InChI=1S/C14H21F2N3/c1-9-6-4-3-5-7-12(9)18-14-11(16)8-10(15)13(17-2)19-14/h8-9,12H,3-7H2,1-2H3,(H2,17,18,19). The smallest absolute Gasteiger partial charge is 0.168 e. The molecule has 0 saturated heterocycles. The van der Waals surface area contributed by atoms with Crippen LogP contribution in [0.4, 0.5) is 20.4 Å². The molecule has 5 heteroatoms. The SMILES string of the molecule is CNc1nc(NC2CCCCCC2C)c(F)cc1F. The Balaban J connectivity index is 2.17. The summed E-state index contributed by atoms with van der Waals surface area (Å²) in [4.78, 5) is 3.98. The van der Waals surface area contributed by atoms with Crippen LogP contribution in [-0.2, 0) is 0 Å².